The molecule has 0 bridgehead atoms. The minimum absolute atomic E-state index is 0.0417. The van der Waals surface area contributed by atoms with Gasteiger partial charge in [0.1, 0.15) is 0 Å². The highest BCUT2D eigenvalue weighted by atomic mass is 16.5. The van der Waals surface area contributed by atoms with Crippen molar-refractivity contribution in [1.82, 2.24) is 4.90 Å². The van der Waals surface area contributed by atoms with Gasteiger partial charge in [0.2, 0.25) is 5.91 Å². The van der Waals surface area contributed by atoms with E-state index in [1.807, 2.05) is 0 Å². The highest BCUT2D eigenvalue weighted by Crippen LogP contribution is 2.08. The molecule has 0 radical (unpaired) electrons. The molecule has 2 N–H and O–H groups in total. The van der Waals surface area contributed by atoms with E-state index in [-0.39, 0.29) is 19.1 Å². The zero-order chi connectivity index (χ0) is 13.6. The van der Waals surface area contributed by atoms with Gasteiger partial charge in [-0.1, -0.05) is 6.58 Å². The molecule has 18 heavy (non-hydrogen) atoms. The smallest absolute Gasteiger partial charge is 0.226 e. The van der Waals surface area contributed by atoms with Gasteiger partial charge in [0.15, 0.2) is 0 Å². The predicted octanol–water partition coefficient (Wildman–Crippen LogP) is -0.243. The third kappa shape index (κ3) is 9.12. The van der Waals surface area contributed by atoms with Crippen molar-refractivity contribution in [2.75, 3.05) is 46.2 Å². The number of carbonyl (C=O) groups excluding carboxylic acids is 1. The number of likely N-dealkylation sites (tertiary alicyclic amines) is 1. The summed E-state index contributed by atoms with van der Waals surface area (Å²) in [5.41, 5.74) is 0. The van der Waals surface area contributed by atoms with Gasteiger partial charge in [0, 0.05) is 13.0 Å². The number of amides is 1. The molecule has 0 atom stereocenters. The van der Waals surface area contributed by atoms with Gasteiger partial charge in [-0.3, -0.25) is 4.79 Å². The maximum absolute atomic E-state index is 10.7. The summed E-state index contributed by atoms with van der Waals surface area (Å²) in [7, 11) is 0. The normalized spacial score (nSPS) is 14.3. The topological polar surface area (TPSA) is 79.2 Å². The van der Waals surface area contributed by atoms with Gasteiger partial charge in [0.25, 0.3) is 0 Å². The summed E-state index contributed by atoms with van der Waals surface area (Å²) in [6, 6.07) is 0. The number of ether oxygens (including phenoxy) is 2. The monoisotopic (exact) mass is 261 g/mol. The number of carbonyl (C=O) groups is 1. The summed E-state index contributed by atoms with van der Waals surface area (Å²) < 4.78 is 9.75. The van der Waals surface area contributed by atoms with E-state index >= 15 is 0 Å². The van der Waals surface area contributed by atoms with Gasteiger partial charge in [-0.15, -0.1) is 0 Å². The Morgan fingerprint density at radius 1 is 1.17 bits per heavy atom. The molecule has 1 aliphatic heterocycles. The highest BCUT2D eigenvalue weighted by Gasteiger charge is 2.15. The van der Waals surface area contributed by atoms with Crippen molar-refractivity contribution in [1.29, 1.82) is 0 Å². The fourth-order valence-electron chi connectivity index (χ4n) is 1.31. The van der Waals surface area contributed by atoms with Crippen molar-refractivity contribution >= 4 is 5.91 Å². The Balaban J connectivity index is 0.000000327. The van der Waals surface area contributed by atoms with Gasteiger partial charge < -0.3 is 24.6 Å². The standard InChI is InChI=1S/C6H9NO.C6H14O4/c1-2-7-5-3-4-6(7)8;7-1-3-9-5-6-10-4-2-8/h2H,1,3-5H2;7-8H,1-6H2. The van der Waals surface area contributed by atoms with Crippen LogP contribution < -0.4 is 0 Å². The van der Waals surface area contributed by atoms with Crippen molar-refractivity contribution in [3.8, 4) is 0 Å². The predicted molar refractivity (Wildman–Crippen MR) is 67.0 cm³/mol. The molecule has 1 saturated heterocycles. The molecular formula is C12H23NO5. The van der Waals surface area contributed by atoms with Gasteiger partial charge in [-0.25, -0.2) is 0 Å². The molecule has 1 rings (SSSR count). The highest BCUT2D eigenvalue weighted by molar-refractivity contribution is 5.78. The second kappa shape index (κ2) is 12.5. The zero-order valence-corrected chi connectivity index (χ0v) is 10.7. The Kier molecular flexibility index (Phi) is 11.8. The number of hydrogen-bond donors (Lipinski definition) is 2. The van der Waals surface area contributed by atoms with Crippen LogP contribution >= 0.6 is 0 Å². The lowest BCUT2D eigenvalue weighted by Crippen LogP contribution is -2.16. The van der Waals surface area contributed by atoms with Gasteiger partial charge in [0.05, 0.1) is 39.6 Å². The molecule has 0 aromatic carbocycles. The molecule has 6 heteroatoms. The Morgan fingerprint density at radius 3 is 2.00 bits per heavy atom. The van der Waals surface area contributed by atoms with Crippen LogP contribution in [0, 0.1) is 0 Å². The van der Waals surface area contributed by atoms with Crippen molar-refractivity contribution in [3.63, 3.8) is 0 Å². The van der Waals surface area contributed by atoms with E-state index in [1.165, 1.54) is 0 Å². The van der Waals surface area contributed by atoms with Crippen LogP contribution in [0.25, 0.3) is 0 Å². The minimum Gasteiger partial charge on any atom is -0.394 e. The van der Waals surface area contributed by atoms with Gasteiger partial charge in [-0.2, -0.15) is 0 Å². The SMILES string of the molecule is C=CN1CCCC1=O.OCCOCCOCCO. The Bertz CT molecular complexity index is 215. The second-order valence-electron chi connectivity index (χ2n) is 3.55. The van der Waals surface area contributed by atoms with E-state index in [9.17, 15) is 4.79 Å². The summed E-state index contributed by atoms with van der Waals surface area (Å²) in [6.07, 6.45) is 3.28. The number of aliphatic hydroxyl groups excluding tert-OH is 2. The molecule has 0 aromatic heterocycles. The largest absolute Gasteiger partial charge is 0.394 e. The molecule has 106 valence electrons. The van der Waals surface area contributed by atoms with Crippen LogP contribution in [0.1, 0.15) is 12.8 Å². The molecule has 0 saturated carbocycles. The average Bonchev–Trinajstić information content (AvgIpc) is 2.80. The molecule has 1 fully saturated rings. The first kappa shape index (κ1) is 17.1. The third-order valence-corrected chi connectivity index (χ3v) is 2.17. The van der Waals surface area contributed by atoms with Crippen LogP contribution in [0.3, 0.4) is 0 Å². The summed E-state index contributed by atoms with van der Waals surface area (Å²) in [5, 5.41) is 16.5. The summed E-state index contributed by atoms with van der Waals surface area (Å²) >= 11 is 0. The molecule has 1 aliphatic rings. The number of nitrogens with zero attached hydrogens (tertiary/aromatic N) is 1. The number of hydrogen-bond acceptors (Lipinski definition) is 5. The molecule has 0 aliphatic carbocycles. The Hall–Kier alpha value is -0.950. The summed E-state index contributed by atoms with van der Waals surface area (Å²) in [6.45, 7) is 6.09. The van der Waals surface area contributed by atoms with E-state index in [0.29, 0.717) is 32.8 Å². The van der Waals surface area contributed by atoms with Crippen LogP contribution in [0.15, 0.2) is 12.8 Å². The first-order valence-electron chi connectivity index (χ1n) is 6.05. The van der Waals surface area contributed by atoms with Crippen molar-refractivity contribution in [3.05, 3.63) is 12.8 Å². The lowest BCUT2D eigenvalue weighted by Gasteiger charge is -2.05. The third-order valence-electron chi connectivity index (χ3n) is 2.17. The van der Waals surface area contributed by atoms with Crippen LogP contribution in [0.2, 0.25) is 0 Å². The number of rotatable bonds is 8. The fourth-order valence-corrected chi connectivity index (χ4v) is 1.31. The first-order chi connectivity index (χ1) is 8.76. The van der Waals surface area contributed by atoms with E-state index in [2.05, 4.69) is 6.58 Å². The Morgan fingerprint density at radius 2 is 1.72 bits per heavy atom. The maximum Gasteiger partial charge on any atom is 0.226 e. The first-order valence-corrected chi connectivity index (χ1v) is 6.05. The fraction of sp³-hybridized carbons (Fsp3) is 0.750. The average molecular weight is 261 g/mol. The molecule has 1 heterocycles. The molecular weight excluding hydrogens is 238 g/mol. The maximum atomic E-state index is 10.7. The van der Waals surface area contributed by atoms with Gasteiger partial charge >= 0.3 is 0 Å². The molecule has 6 nitrogen and oxygen atoms in total. The van der Waals surface area contributed by atoms with Crippen LogP contribution in [0.4, 0.5) is 0 Å². The quantitative estimate of drug-likeness (QED) is 0.589. The lowest BCUT2D eigenvalue weighted by molar-refractivity contribution is -0.125. The van der Waals surface area contributed by atoms with E-state index in [1.54, 1.807) is 11.1 Å². The second-order valence-corrected chi connectivity index (χ2v) is 3.55. The number of aliphatic hydroxyl groups is 2. The lowest BCUT2D eigenvalue weighted by atomic mass is 10.4. The Labute approximate surface area is 108 Å². The van der Waals surface area contributed by atoms with Crippen molar-refractivity contribution in [2.45, 2.75) is 12.8 Å². The molecule has 0 spiro atoms. The van der Waals surface area contributed by atoms with Gasteiger partial charge in [-0.05, 0) is 12.6 Å². The van der Waals surface area contributed by atoms with Crippen LogP contribution in [-0.4, -0.2) is 67.2 Å². The molecule has 1 amide bonds. The van der Waals surface area contributed by atoms with E-state index < -0.39 is 0 Å². The molecule has 0 aromatic rings. The van der Waals surface area contributed by atoms with E-state index in [0.717, 1.165) is 13.0 Å². The van der Waals surface area contributed by atoms with Crippen LogP contribution in [0.5, 0.6) is 0 Å². The summed E-state index contributed by atoms with van der Waals surface area (Å²) in [5.74, 6) is 0.208. The van der Waals surface area contributed by atoms with Crippen LogP contribution in [-0.2, 0) is 14.3 Å². The van der Waals surface area contributed by atoms with Crippen molar-refractivity contribution in [2.24, 2.45) is 0 Å². The zero-order valence-electron chi connectivity index (χ0n) is 10.7. The summed E-state index contributed by atoms with van der Waals surface area (Å²) in [4.78, 5) is 12.3. The van der Waals surface area contributed by atoms with E-state index in [4.69, 9.17) is 19.7 Å². The van der Waals surface area contributed by atoms with Crippen molar-refractivity contribution < 1.29 is 24.5 Å². The minimum atomic E-state index is 0.0417. The molecule has 0 unspecified atom stereocenters.